The van der Waals surface area contributed by atoms with Crippen LogP contribution in [0.25, 0.3) is 0 Å². The van der Waals surface area contributed by atoms with E-state index in [9.17, 15) is 18.5 Å². The van der Waals surface area contributed by atoms with E-state index in [4.69, 9.17) is 4.74 Å². The summed E-state index contributed by atoms with van der Waals surface area (Å²) < 4.78 is 32.5. The number of rotatable bonds is 5. The van der Waals surface area contributed by atoms with Crippen molar-refractivity contribution in [2.24, 2.45) is 0 Å². The maximum absolute atomic E-state index is 13.0. The van der Waals surface area contributed by atoms with Crippen LogP contribution in [-0.2, 0) is 10.0 Å². The third-order valence-electron chi connectivity index (χ3n) is 4.34. The Morgan fingerprint density at radius 2 is 1.92 bits per heavy atom. The van der Waals surface area contributed by atoms with E-state index >= 15 is 0 Å². The van der Waals surface area contributed by atoms with Gasteiger partial charge in [0.25, 0.3) is 5.69 Å². The van der Waals surface area contributed by atoms with Gasteiger partial charge in [-0.15, -0.1) is 0 Å². The highest BCUT2D eigenvalue weighted by atomic mass is 32.2. The first-order chi connectivity index (χ1) is 11.9. The Kier molecular flexibility index (Phi) is 4.73. The average molecular weight is 362 g/mol. The van der Waals surface area contributed by atoms with Gasteiger partial charge in [-0.3, -0.25) is 10.1 Å². The molecule has 2 aromatic rings. The Hall–Kier alpha value is -2.45. The fourth-order valence-electron chi connectivity index (χ4n) is 3.08. The van der Waals surface area contributed by atoms with Gasteiger partial charge in [0.05, 0.1) is 23.0 Å². The van der Waals surface area contributed by atoms with Crippen LogP contribution in [0, 0.1) is 10.1 Å². The van der Waals surface area contributed by atoms with Gasteiger partial charge < -0.3 is 4.74 Å². The van der Waals surface area contributed by atoms with Gasteiger partial charge in [-0.25, -0.2) is 8.42 Å². The molecule has 1 atom stereocenters. The lowest BCUT2D eigenvalue weighted by Crippen LogP contribution is -2.30. The van der Waals surface area contributed by atoms with Crippen molar-refractivity contribution in [1.82, 2.24) is 4.31 Å². The normalized spacial score (nSPS) is 18.2. The Balaban J connectivity index is 1.95. The average Bonchev–Trinajstić information content (AvgIpc) is 3.12. The van der Waals surface area contributed by atoms with Crippen LogP contribution in [-0.4, -0.2) is 31.3 Å². The molecule has 132 valence electrons. The highest BCUT2D eigenvalue weighted by Gasteiger charge is 2.36. The lowest BCUT2D eigenvalue weighted by atomic mass is 10.1. The molecule has 0 spiro atoms. The van der Waals surface area contributed by atoms with Gasteiger partial charge in [-0.05, 0) is 36.6 Å². The van der Waals surface area contributed by atoms with Crippen LogP contribution in [0.1, 0.15) is 24.4 Å². The monoisotopic (exact) mass is 362 g/mol. The number of non-ortho nitro benzene ring substituents is 1. The molecule has 25 heavy (non-hydrogen) atoms. The number of nitrogens with zero attached hydrogens (tertiary/aromatic N) is 2. The molecule has 0 aliphatic carbocycles. The lowest BCUT2D eigenvalue weighted by Gasteiger charge is -2.24. The Bertz CT molecular complexity index is 880. The van der Waals surface area contributed by atoms with Crippen molar-refractivity contribution in [2.45, 2.75) is 23.8 Å². The number of sulfonamides is 1. The number of nitro groups is 1. The van der Waals surface area contributed by atoms with Crippen LogP contribution >= 0.6 is 0 Å². The molecule has 1 heterocycles. The predicted molar refractivity (Wildman–Crippen MR) is 92.0 cm³/mol. The van der Waals surface area contributed by atoms with Crippen LogP contribution in [0.4, 0.5) is 5.69 Å². The summed E-state index contributed by atoms with van der Waals surface area (Å²) in [4.78, 5) is 10.3. The van der Waals surface area contributed by atoms with Crippen LogP contribution in [0.2, 0.25) is 0 Å². The number of nitro benzene ring substituents is 1. The van der Waals surface area contributed by atoms with Gasteiger partial charge in [0.15, 0.2) is 0 Å². The molecule has 1 aliphatic rings. The Labute approximate surface area is 146 Å². The third kappa shape index (κ3) is 3.35. The molecule has 0 N–H and O–H groups in total. The maximum atomic E-state index is 13.0. The summed E-state index contributed by atoms with van der Waals surface area (Å²) >= 11 is 0. The van der Waals surface area contributed by atoms with E-state index in [-0.39, 0.29) is 16.6 Å². The van der Waals surface area contributed by atoms with Crippen molar-refractivity contribution < 1.29 is 18.1 Å². The molecule has 2 aromatic carbocycles. The highest BCUT2D eigenvalue weighted by Crippen LogP contribution is 2.37. The van der Waals surface area contributed by atoms with Crippen molar-refractivity contribution in [3.8, 4) is 5.75 Å². The minimum Gasteiger partial charge on any atom is -0.497 e. The summed E-state index contributed by atoms with van der Waals surface area (Å²) in [6, 6.07) is 12.2. The van der Waals surface area contributed by atoms with Gasteiger partial charge in [-0.2, -0.15) is 4.31 Å². The van der Waals surface area contributed by atoms with Gasteiger partial charge in [-0.1, -0.05) is 18.2 Å². The van der Waals surface area contributed by atoms with E-state index in [0.717, 1.165) is 18.1 Å². The lowest BCUT2D eigenvalue weighted by molar-refractivity contribution is -0.385. The molecule has 0 bridgehead atoms. The van der Waals surface area contributed by atoms with E-state index in [1.165, 1.54) is 22.5 Å². The largest absolute Gasteiger partial charge is 0.497 e. The summed E-state index contributed by atoms with van der Waals surface area (Å²) in [5.41, 5.74) is 0.647. The van der Waals surface area contributed by atoms with Crippen molar-refractivity contribution >= 4 is 15.7 Å². The topological polar surface area (TPSA) is 89.8 Å². The first kappa shape index (κ1) is 17.4. The summed E-state index contributed by atoms with van der Waals surface area (Å²) in [5, 5.41) is 10.9. The van der Waals surface area contributed by atoms with Gasteiger partial charge in [0.2, 0.25) is 10.0 Å². The van der Waals surface area contributed by atoms with Crippen LogP contribution in [0.5, 0.6) is 5.75 Å². The number of benzene rings is 2. The summed E-state index contributed by atoms with van der Waals surface area (Å²) in [6.07, 6.45) is 1.45. The van der Waals surface area contributed by atoms with Crippen molar-refractivity contribution in [3.05, 3.63) is 64.2 Å². The number of hydrogen-bond donors (Lipinski definition) is 0. The summed E-state index contributed by atoms with van der Waals surface area (Å²) in [5.74, 6) is 0.704. The van der Waals surface area contributed by atoms with Crippen molar-refractivity contribution in [3.63, 3.8) is 0 Å². The van der Waals surface area contributed by atoms with Crippen LogP contribution in [0.3, 0.4) is 0 Å². The van der Waals surface area contributed by atoms with Gasteiger partial charge in [0, 0.05) is 18.7 Å². The summed E-state index contributed by atoms with van der Waals surface area (Å²) in [6.45, 7) is 0.391. The Morgan fingerprint density at radius 3 is 2.56 bits per heavy atom. The fraction of sp³-hybridized carbons (Fsp3) is 0.294. The molecule has 0 aromatic heterocycles. The Morgan fingerprint density at radius 1 is 1.20 bits per heavy atom. The molecule has 1 fully saturated rings. The predicted octanol–water partition coefficient (Wildman–Crippen LogP) is 3.13. The highest BCUT2D eigenvalue weighted by molar-refractivity contribution is 7.89. The van der Waals surface area contributed by atoms with Gasteiger partial charge in [0.1, 0.15) is 5.75 Å². The minimum atomic E-state index is -3.81. The second-order valence-electron chi connectivity index (χ2n) is 5.80. The SMILES string of the molecule is COc1ccc(C2CCCN2S(=O)(=O)c2cccc([N+](=O)[O-])c2)cc1. The minimum absolute atomic E-state index is 0.0536. The van der Waals surface area contributed by atoms with E-state index in [2.05, 4.69) is 0 Å². The second-order valence-corrected chi connectivity index (χ2v) is 7.69. The van der Waals surface area contributed by atoms with Gasteiger partial charge >= 0.3 is 0 Å². The quantitative estimate of drug-likeness (QED) is 0.602. The molecule has 7 nitrogen and oxygen atoms in total. The van der Waals surface area contributed by atoms with E-state index in [1.807, 2.05) is 12.1 Å². The first-order valence-corrected chi connectivity index (χ1v) is 9.28. The zero-order valence-electron chi connectivity index (χ0n) is 13.7. The zero-order chi connectivity index (χ0) is 18.0. The molecule has 0 radical (unpaired) electrons. The molecule has 1 saturated heterocycles. The molecule has 1 aliphatic heterocycles. The standard InChI is InChI=1S/C17H18N2O5S/c1-24-15-9-7-13(8-10-15)17-6-3-11-18(17)25(22,23)16-5-2-4-14(12-16)19(20)21/h2,4-5,7-10,12,17H,3,6,11H2,1H3. The molecule has 3 rings (SSSR count). The fourth-order valence-corrected chi connectivity index (χ4v) is 4.80. The number of hydrogen-bond acceptors (Lipinski definition) is 5. The third-order valence-corrected chi connectivity index (χ3v) is 6.24. The molecule has 0 saturated carbocycles. The van der Waals surface area contributed by atoms with Crippen LogP contribution < -0.4 is 4.74 Å². The van der Waals surface area contributed by atoms with Crippen LogP contribution in [0.15, 0.2) is 53.4 Å². The zero-order valence-corrected chi connectivity index (χ0v) is 14.5. The molecule has 1 unspecified atom stereocenters. The smallest absolute Gasteiger partial charge is 0.270 e. The van der Waals surface area contributed by atoms with E-state index in [0.29, 0.717) is 18.7 Å². The molecule has 0 amide bonds. The van der Waals surface area contributed by atoms with E-state index in [1.54, 1.807) is 19.2 Å². The number of ether oxygens (including phenoxy) is 1. The number of methoxy groups -OCH3 is 1. The second kappa shape index (κ2) is 6.81. The van der Waals surface area contributed by atoms with E-state index < -0.39 is 14.9 Å². The van der Waals surface area contributed by atoms with Crippen molar-refractivity contribution in [2.75, 3.05) is 13.7 Å². The molecule has 8 heteroatoms. The molecular formula is C17H18N2O5S. The van der Waals surface area contributed by atoms with Crippen molar-refractivity contribution in [1.29, 1.82) is 0 Å². The molecular weight excluding hydrogens is 344 g/mol. The maximum Gasteiger partial charge on any atom is 0.270 e. The summed E-state index contributed by atoms with van der Waals surface area (Å²) in [7, 11) is -2.24. The first-order valence-electron chi connectivity index (χ1n) is 7.84.